The predicted molar refractivity (Wildman–Crippen MR) is 86.0 cm³/mol. The molecule has 3 heteroatoms. The lowest BCUT2D eigenvalue weighted by Gasteiger charge is -2.20. The molecule has 110 valence electrons. The standard InChI is InChI=1S/C18H22N2O/c1-12-10-19-11-17(12)18(21)20-13(2)15-9-5-7-14-6-3-4-8-16(14)15/h3-9,12-13,17,19H,10-11H2,1-2H3,(H,20,21). The zero-order valence-electron chi connectivity index (χ0n) is 12.6. The quantitative estimate of drug-likeness (QED) is 0.909. The Morgan fingerprint density at radius 2 is 1.95 bits per heavy atom. The van der Waals surface area contributed by atoms with E-state index in [9.17, 15) is 4.79 Å². The maximum atomic E-state index is 12.4. The summed E-state index contributed by atoms with van der Waals surface area (Å²) in [4.78, 5) is 12.4. The van der Waals surface area contributed by atoms with Gasteiger partial charge >= 0.3 is 0 Å². The van der Waals surface area contributed by atoms with Gasteiger partial charge in [0.15, 0.2) is 0 Å². The van der Waals surface area contributed by atoms with E-state index in [0.717, 1.165) is 13.1 Å². The largest absolute Gasteiger partial charge is 0.349 e. The van der Waals surface area contributed by atoms with E-state index in [1.165, 1.54) is 16.3 Å². The molecule has 3 unspecified atom stereocenters. The van der Waals surface area contributed by atoms with Gasteiger partial charge in [0.05, 0.1) is 12.0 Å². The van der Waals surface area contributed by atoms with Crippen molar-refractivity contribution in [2.24, 2.45) is 11.8 Å². The van der Waals surface area contributed by atoms with Gasteiger partial charge in [-0.3, -0.25) is 4.79 Å². The molecule has 2 aromatic carbocycles. The lowest BCUT2D eigenvalue weighted by atomic mass is 9.95. The Kier molecular flexibility index (Phi) is 3.93. The molecule has 3 atom stereocenters. The second-order valence-electron chi connectivity index (χ2n) is 6.04. The Morgan fingerprint density at radius 3 is 2.71 bits per heavy atom. The minimum atomic E-state index is 0.0244. The van der Waals surface area contributed by atoms with E-state index in [2.05, 4.69) is 54.8 Å². The third-order valence-electron chi connectivity index (χ3n) is 4.50. The number of amides is 1. The molecule has 1 heterocycles. The maximum Gasteiger partial charge on any atom is 0.225 e. The van der Waals surface area contributed by atoms with Gasteiger partial charge in [-0.05, 0) is 35.7 Å². The van der Waals surface area contributed by atoms with E-state index >= 15 is 0 Å². The van der Waals surface area contributed by atoms with Crippen molar-refractivity contribution in [2.75, 3.05) is 13.1 Å². The highest BCUT2D eigenvalue weighted by Gasteiger charge is 2.30. The number of fused-ring (bicyclic) bond motifs is 1. The molecule has 0 radical (unpaired) electrons. The lowest BCUT2D eigenvalue weighted by Crippen LogP contribution is -2.36. The molecule has 3 nitrogen and oxygen atoms in total. The fraction of sp³-hybridized carbons (Fsp3) is 0.389. The molecule has 1 amide bonds. The second kappa shape index (κ2) is 5.86. The smallest absolute Gasteiger partial charge is 0.225 e. The summed E-state index contributed by atoms with van der Waals surface area (Å²) < 4.78 is 0. The first-order valence-electron chi connectivity index (χ1n) is 7.65. The van der Waals surface area contributed by atoms with Crippen LogP contribution >= 0.6 is 0 Å². The molecule has 0 spiro atoms. The van der Waals surface area contributed by atoms with Crippen molar-refractivity contribution in [1.29, 1.82) is 0 Å². The monoisotopic (exact) mass is 282 g/mol. The van der Waals surface area contributed by atoms with E-state index in [1.54, 1.807) is 0 Å². The molecule has 0 aliphatic carbocycles. The minimum Gasteiger partial charge on any atom is -0.349 e. The summed E-state index contributed by atoms with van der Waals surface area (Å²) in [7, 11) is 0. The van der Waals surface area contributed by atoms with Crippen LogP contribution in [0.2, 0.25) is 0 Å². The Hall–Kier alpha value is -1.87. The summed E-state index contributed by atoms with van der Waals surface area (Å²) in [5.41, 5.74) is 1.18. The highest BCUT2D eigenvalue weighted by Crippen LogP contribution is 2.25. The van der Waals surface area contributed by atoms with Crippen LogP contribution in [0, 0.1) is 11.8 Å². The molecule has 0 aromatic heterocycles. The van der Waals surface area contributed by atoms with Crippen LogP contribution in [0.25, 0.3) is 10.8 Å². The van der Waals surface area contributed by atoms with Gasteiger partial charge in [-0.1, -0.05) is 49.4 Å². The van der Waals surface area contributed by atoms with Crippen LogP contribution in [0.3, 0.4) is 0 Å². The molecule has 0 bridgehead atoms. The van der Waals surface area contributed by atoms with Gasteiger partial charge in [0.1, 0.15) is 0 Å². The first-order chi connectivity index (χ1) is 10.2. The van der Waals surface area contributed by atoms with Gasteiger partial charge in [-0.25, -0.2) is 0 Å². The molecule has 2 N–H and O–H groups in total. The summed E-state index contributed by atoms with van der Waals surface area (Å²) in [6, 6.07) is 14.6. The fourth-order valence-corrected chi connectivity index (χ4v) is 3.19. The van der Waals surface area contributed by atoms with Crippen LogP contribution in [-0.2, 0) is 4.79 Å². The lowest BCUT2D eigenvalue weighted by molar-refractivity contribution is -0.126. The van der Waals surface area contributed by atoms with Crippen molar-refractivity contribution < 1.29 is 4.79 Å². The van der Waals surface area contributed by atoms with Crippen molar-refractivity contribution in [1.82, 2.24) is 10.6 Å². The number of nitrogens with one attached hydrogen (secondary N) is 2. The van der Waals surface area contributed by atoms with Crippen LogP contribution in [0.5, 0.6) is 0 Å². The van der Waals surface area contributed by atoms with Gasteiger partial charge in [0, 0.05) is 6.54 Å². The Bertz CT molecular complexity index is 647. The number of carbonyl (C=O) groups is 1. The van der Waals surface area contributed by atoms with Crippen molar-refractivity contribution >= 4 is 16.7 Å². The van der Waals surface area contributed by atoms with Gasteiger partial charge < -0.3 is 10.6 Å². The molecule has 21 heavy (non-hydrogen) atoms. The molecule has 3 rings (SSSR count). The van der Waals surface area contributed by atoms with Gasteiger partial charge in [-0.2, -0.15) is 0 Å². The van der Waals surface area contributed by atoms with Crippen molar-refractivity contribution in [3.63, 3.8) is 0 Å². The second-order valence-corrected chi connectivity index (χ2v) is 6.04. The zero-order valence-corrected chi connectivity index (χ0v) is 12.6. The summed E-state index contributed by atoms with van der Waals surface area (Å²) in [6.45, 7) is 5.91. The van der Waals surface area contributed by atoms with E-state index in [0.29, 0.717) is 5.92 Å². The average molecular weight is 282 g/mol. The molecule has 1 aliphatic heterocycles. The molecule has 0 saturated carbocycles. The topological polar surface area (TPSA) is 41.1 Å². The fourth-order valence-electron chi connectivity index (χ4n) is 3.19. The molecule has 2 aromatic rings. The third kappa shape index (κ3) is 2.79. The minimum absolute atomic E-state index is 0.0244. The maximum absolute atomic E-state index is 12.4. The van der Waals surface area contributed by atoms with Crippen LogP contribution in [-0.4, -0.2) is 19.0 Å². The van der Waals surface area contributed by atoms with Gasteiger partial charge in [-0.15, -0.1) is 0 Å². The number of hydrogen-bond donors (Lipinski definition) is 2. The number of rotatable bonds is 3. The Labute approximate surface area is 125 Å². The first-order valence-corrected chi connectivity index (χ1v) is 7.65. The summed E-state index contributed by atoms with van der Waals surface area (Å²) in [6.07, 6.45) is 0. The first kappa shape index (κ1) is 14.1. The Balaban J connectivity index is 1.81. The zero-order chi connectivity index (χ0) is 14.8. The van der Waals surface area contributed by atoms with Crippen molar-refractivity contribution in [3.05, 3.63) is 48.0 Å². The number of hydrogen-bond acceptors (Lipinski definition) is 2. The SMILES string of the molecule is CC(NC(=O)C1CNCC1C)c1cccc2ccccc12. The Morgan fingerprint density at radius 1 is 1.19 bits per heavy atom. The highest BCUT2D eigenvalue weighted by molar-refractivity contribution is 5.87. The average Bonchev–Trinajstić information content (AvgIpc) is 2.92. The summed E-state index contributed by atoms with van der Waals surface area (Å²) in [5, 5.41) is 8.89. The summed E-state index contributed by atoms with van der Waals surface area (Å²) in [5.74, 6) is 0.653. The van der Waals surface area contributed by atoms with Crippen LogP contribution < -0.4 is 10.6 Å². The molecular formula is C18H22N2O. The number of benzene rings is 2. The molecule has 1 aliphatic rings. The molecule has 1 fully saturated rings. The third-order valence-corrected chi connectivity index (χ3v) is 4.50. The predicted octanol–water partition coefficient (Wildman–Crippen LogP) is 2.87. The van der Waals surface area contributed by atoms with Crippen LogP contribution in [0.15, 0.2) is 42.5 Å². The van der Waals surface area contributed by atoms with Crippen LogP contribution in [0.4, 0.5) is 0 Å². The van der Waals surface area contributed by atoms with E-state index < -0.39 is 0 Å². The van der Waals surface area contributed by atoms with Crippen molar-refractivity contribution in [2.45, 2.75) is 19.9 Å². The van der Waals surface area contributed by atoms with Crippen molar-refractivity contribution in [3.8, 4) is 0 Å². The van der Waals surface area contributed by atoms with E-state index in [4.69, 9.17) is 0 Å². The highest BCUT2D eigenvalue weighted by atomic mass is 16.2. The summed E-state index contributed by atoms with van der Waals surface area (Å²) >= 11 is 0. The molecular weight excluding hydrogens is 260 g/mol. The normalized spacial score (nSPS) is 23.1. The van der Waals surface area contributed by atoms with Gasteiger partial charge in [0.2, 0.25) is 5.91 Å². The molecule has 1 saturated heterocycles. The number of carbonyl (C=O) groups excluding carboxylic acids is 1. The van der Waals surface area contributed by atoms with E-state index in [1.807, 2.05) is 12.1 Å². The van der Waals surface area contributed by atoms with Crippen LogP contribution in [0.1, 0.15) is 25.5 Å². The van der Waals surface area contributed by atoms with Gasteiger partial charge in [0.25, 0.3) is 0 Å². The van der Waals surface area contributed by atoms with E-state index in [-0.39, 0.29) is 17.9 Å².